The predicted octanol–water partition coefficient (Wildman–Crippen LogP) is 3.44. The zero-order chi connectivity index (χ0) is 21.5. The molecule has 0 saturated heterocycles. The average Bonchev–Trinajstić information content (AvgIpc) is 2.76. The van der Waals surface area contributed by atoms with Crippen LogP contribution >= 0.6 is 11.8 Å². The lowest BCUT2D eigenvalue weighted by Gasteiger charge is -2.30. The molecule has 0 aliphatic heterocycles. The van der Waals surface area contributed by atoms with Gasteiger partial charge in [-0.15, -0.1) is 6.42 Å². The van der Waals surface area contributed by atoms with Crippen LogP contribution in [0.2, 0.25) is 0 Å². The Morgan fingerprint density at radius 1 is 1.31 bits per heavy atom. The highest BCUT2D eigenvalue weighted by atomic mass is 32.2. The van der Waals surface area contributed by atoms with E-state index in [1.807, 2.05) is 13.8 Å². The van der Waals surface area contributed by atoms with E-state index in [1.165, 1.54) is 28.7 Å². The van der Waals surface area contributed by atoms with Gasteiger partial charge in [0.05, 0.1) is 10.8 Å². The Hall–Kier alpha value is -1.56. The van der Waals surface area contributed by atoms with Crippen molar-refractivity contribution in [2.75, 3.05) is 12.8 Å². The number of nitrogens with one attached hydrogen (secondary N) is 1. The summed E-state index contributed by atoms with van der Waals surface area (Å²) in [6.07, 6.45) is 13.4. The highest BCUT2D eigenvalue weighted by molar-refractivity contribution is 7.99. The molecular formula is C21H31N3O3S2. The minimum atomic E-state index is -3.56. The van der Waals surface area contributed by atoms with Crippen molar-refractivity contribution in [1.82, 2.24) is 14.6 Å². The van der Waals surface area contributed by atoms with Crippen LogP contribution in [0, 0.1) is 12.3 Å². The fourth-order valence-electron chi connectivity index (χ4n) is 3.52. The Kier molecular flexibility index (Phi) is 8.56. The summed E-state index contributed by atoms with van der Waals surface area (Å²) in [6, 6.07) is 3.26. The molecule has 1 fully saturated rings. The molecule has 8 heteroatoms. The van der Waals surface area contributed by atoms with Crippen LogP contribution in [0.5, 0.6) is 0 Å². The molecule has 0 atom stereocenters. The normalized spacial score (nSPS) is 15.8. The molecule has 160 valence electrons. The first-order valence-corrected chi connectivity index (χ1v) is 12.6. The molecule has 0 aromatic carbocycles. The summed E-state index contributed by atoms with van der Waals surface area (Å²) in [4.78, 5) is 16.7. The molecule has 1 saturated carbocycles. The molecule has 1 aliphatic rings. The van der Waals surface area contributed by atoms with Gasteiger partial charge in [0.15, 0.2) is 0 Å². The van der Waals surface area contributed by atoms with E-state index < -0.39 is 15.6 Å². The third-order valence-electron chi connectivity index (χ3n) is 5.69. The fourth-order valence-corrected chi connectivity index (χ4v) is 5.53. The van der Waals surface area contributed by atoms with Crippen molar-refractivity contribution in [2.45, 2.75) is 80.3 Å². The molecule has 1 aromatic rings. The van der Waals surface area contributed by atoms with Gasteiger partial charge in [-0.2, -0.15) is 4.31 Å². The number of amides is 1. The highest BCUT2D eigenvalue weighted by Gasteiger charge is 2.29. The van der Waals surface area contributed by atoms with E-state index in [1.54, 1.807) is 19.2 Å². The van der Waals surface area contributed by atoms with E-state index in [2.05, 4.69) is 16.2 Å². The van der Waals surface area contributed by atoms with E-state index in [-0.39, 0.29) is 22.6 Å². The van der Waals surface area contributed by atoms with E-state index >= 15 is 0 Å². The fraction of sp³-hybridized carbons (Fsp3) is 0.619. The number of carbonyl (C=O) groups excluding carboxylic acids is 1. The Labute approximate surface area is 179 Å². The van der Waals surface area contributed by atoms with Gasteiger partial charge in [0.2, 0.25) is 15.9 Å². The van der Waals surface area contributed by atoms with E-state index in [0.29, 0.717) is 17.9 Å². The zero-order valence-corrected chi connectivity index (χ0v) is 19.1. The number of carbonyl (C=O) groups is 1. The minimum absolute atomic E-state index is 0.0556. The van der Waals surface area contributed by atoms with Gasteiger partial charge in [0.25, 0.3) is 0 Å². The van der Waals surface area contributed by atoms with Crippen LogP contribution in [0.1, 0.15) is 58.8 Å². The Bertz CT molecular complexity index is 822. The van der Waals surface area contributed by atoms with E-state index in [0.717, 1.165) is 25.7 Å². The lowest BCUT2D eigenvalue weighted by molar-refractivity contribution is -0.119. The zero-order valence-electron chi connectivity index (χ0n) is 17.5. The van der Waals surface area contributed by atoms with E-state index in [4.69, 9.17) is 6.42 Å². The van der Waals surface area contributed by atoms with Gasteiger partial charge >= 0.3 is 0 Å². The number of sulfonamides is 1. The van der Waals surface area contributed by atoms with Crippen LogP contribution in [0.25, 0.3) is 0 Å². The molecule has 0 spiro atoms. The van der Waals surface area contributed by atoms with Crippen molar-refractivity contribution in [3.05, 3.63) is 18.3 Å². The SMILES string of the molecule is C#CC(CC)(CC)NC(=O)CSc1ccc(S(=O)(=O)N(C)C2CCCCC2)cn1. The lowest BCUT2D eigenvalue weighted by atomic mass is 9.94. The monoisotopic (exact) mass is 437 g/mol. The summed E-state index contributed by atoms with van der Waals surface area (Å²) in [5, 5.41) is 3.51. The maximum Gasteiger partial charge on any atom is 0.244 e. The Balaban J connectivity index is 1.97. The van der Waals surface area contributed by atoms with Crippen LogP contribution in [-0.2, 0) is 14.8 Å². The van der Waals surface area contributed by atoms with Gasteiger partial charge in [-0.05, 0) is 37.8 Å². The average molecular weight is 438 g/mol. The van der Waals surface area contributed by atoms with Crippen molar-refractivity contribution in [1.29, 1.82) is 0 Å². The third kappa shape index (κ3) is 5.97. The number of hydrogen-bond acceptors (Lipinski definition) is 5. The van der Waals surface area contributed by atoms with Crippen LogP contribution in [0.3, 0.4) is 0 Å². The molecule has 1 aromatic heterocycles. The second kappa shape index (κ2) is 10.5. The topological polar surface area (TPSA) is 79.4 Å². The molecule has 0 unspecified atom stereocenters. The molecule has 2 rings (SSSR count). The molecule has 0 radical (unpaired) electrons. The Morgan fingerprint density at radius 2 is 1.97 bits per heavy atom. The standard InChI is InChI=1S/C21H31N3O3S2/c1-5-21(6-2,7-3)23-19(25)16-28-20-14-13-18(15-22-20)29(26,27)24(4)17-11-9-8-10-12-17/h1,13-15,17H,6-12,16H2,2-4H3,(H,23,25). The number of thioether (sulfide) groups is 1. The number of aromatic nitrogens is 1. The molecule has 29 heavy (non-hydrogen) atoms. The number of rotatable bonds is 9. The van der Waals surface area contributed by atoms with Gasteiger partial charge in [0, 0.05) is 19.3 Å². The van der Waals surface area contributed by atoms with Crippen molar-refractivity contribution >= 4 is 27.7 Å². The second-order valence-corrected chi connectivity index (χ2v) is 10.4. The smallest absolute Gasteiger partial charge is 0.244 e. The summed E-state index contributed by atoms with van der Waals surface area (Å²) in [7, 11) is -1.91. The van der Waals surface area contributed by atoms with Gasteiger partial charge in [0.1, 0.15) is 10.4 Å². The number of hydrogen-bond donors (Lipinski definition) is 1. The molecule has 1 N–H and O–H groups in total. The van der Waals surface area contributed by atoms with Gasteiger partial charge in [-0.25, -0.2) is 13.4 Å². The number of nitrogens with zero attached hydrogens (tertiary/aromatic N) is 2. The maximum absolute atomic E-state index is 12.9. The Morgan fingerprint density at radius 3 is 2.48 bits per heavy atom. The van der Waals surface area contributed by atoms with E-state index in [9.17, 15) is 13.2 Å². The quantitative estimate of drug-likeness (QED) is 0.473. The molecule has 1 amide bonds. The predicted molar refractivity (Wildman–Crippen MR) is 117 cm³/mol. The number of pyridine rings is 1. The first-order chi connectivity index (χ1) is 13.8. The van der Waals surface area contributed by atoms with Gasteiger partial charge in [-0.1, -0.05) is 50.8 Å². The summed E-state index contributed by atoms with van der Waals surface area (Å²) in [6.45, 7) is 3.89. The van der Waals surface area contributed by atoms with Crippen molar-refractivity contribution in [3.63, 3.8) is 0 Å². The summed E-state index contributed by atoms with van der Waals surface area (Å²) >= 11 is 1.26. The van der Waals surface area contributed by atoms with Crippen molar-refractivity contribution in [2.24, 2.45) is 0 Å². The van der Waals surface area contributed by atoms with Crippen LogP contribution < -0.4 is 5.32 Å². The molecular weight excluding hydrogens is 406 g/mol. The van der Waals surface area contributed by atoms with Crippen LogP contribution in [0.15, 0.2) is 28.3 Å². The summed E-state index contributed by atoms with van der Waals surface area (Å²) < 4.78 is 27.2. The van der Waals surface area contributed by atoms with Crippen LogP contribution in [-0.4, -0.2) is 48.0 Å². The van der Waals surface area contributed by atoms with Gasteiger partial charge in [-0.3, -0.25) is 4.79 Å². The largest absolute Gasteiger partial charge is 0.339 e. The molecule has 1 aliphatic carbocycles. The number of terminal acetylenes is 1. The molecule has 1 heterocycles. The minimum Gasteiger partial charge on any atom is -0.339 e. The maximum atomic E-state index is 12.9. The molecule has 0 bridgehead atoms. The van der Waals surface area contributed by atoms with Crippen LogP contribution in [0.4, 0.5) is 0 Å². The van der Waals surface area contributed by atoms with Crippen molar-refractivity contribution < 1.29 is 13.2 Å². The third-order valence-corrected chi connectivity index (χ3v) is 8.53. The summed E-state index contributed by atoms with van der Waals surface area (Å²) in [5.74, 6) is 2.69. The molecule has 6 nitrogen and oxygen atoms in total. The van der Waals surface area contributed by atoms with Crippen molar-refractivity contribution in [3.8, 4) is 12.3 Å². The second-order valence-electron chi connectivity index (χ2n) is 7.42. The lowest BCUT2D eigenvalue weighted by Crippen LogP contribution is -2.47. The highest BCUT2D eigenvalue weighted by Crippen LogP contribution is 2.27. The van der Waals surface area contributed by atoms with Gasteiger partial charge < -0.3 is 5.32 Å². The first-order valence-electron chi connectivity index (χ1n) is 10.1. The summed E-state index contributed by atoms with van der Waals surface area (Å²) in [5.41, 5.74) is -0.618. The first kappa shape index (κ1) is 23.7.